The maximum absolute atomic E-state index is 10.4. The van der Waals surface area contributed by atoms with Crippen LogP contribution in [0.1, 0.15) is 0 Å². The molecule has 0 saturated heterocycles. The molecule has 0 bridgehead atoms. The molecule has 0 aromatic carbocycles. The summed E-state index contributed by atoms with van der Waals surface area (Å²) in [7, 11) is 3.93. The number of nitrogens with two attached hydrogens (primary N) is 1. The molecule has 3 N–H and O–H groups in total. The van der Waals surface area contributed by atoms with E-state index in [2.05, 4.69) is 5.32 Å². The van der Waals surface area contributed by atoms with Crippen LogP contribution in [-0.2, 0) is 14.2 Å². The molecule has 0 radical (unpaired) electrons. The lowest BCUT2D eigenvalue weighted by Gasteiger charge is -2.27. The van der Waals surface area contributed by atoms with E-state index in [1.54, 1.807) is 0 Å². The highest BCUT2D eigenvalue weighted by atomic mass is 16.9. The summed E-state index contributed by atoms with van der Waals surface area (Å²) in [5.74, 6) is 0. The first-order valence-electron chi connectivity index (χ1n) is 2.83. The Labute approximate surface area is 64.6 Å². The van der Waals surface area contributed by atoms with Crippen LogP contribution in [0.2, 0.25) is 0 Å². The van der Waals surface area contributed by atoms with Crippen molar-refractivity contribution in [3.8, 4) is 0 Å². The molecule has 11 heavy (non-hydrogen) atoms. The second-order valence-electron chi connectivity index (χ2n) is 1.66. The van der Waals surface area contributed by atoms with Crippen molar-refractivity contribution in [1.29, 1.82) is 0 Å². The fourth-order valence-electron chi connectivity index (χ4n) is 0.554. The molecule has 6 nitrogen and oxygen atoms in total. The molecule has 0 aliphatic rings. The minimum absolute atomic E-state index is 0.796. The summed E-state index contributed by atoms with van der Waals surface area (Å²) in [6, 6.07) is -0.796. The van der Waals surface area contributed by atoms with E-state index in [1.807, 2.05) is 0 Å². The average molecular weight is 164 g/mol. The predicted octanol–water partition coefficient (Wildman–Crippen LogP) is -0.795. The summed E-state index contributed by atoms with van der Waals surface area (Å²) in [6.45, 7) is 0. The summed E-state index contributed by atoms with van der Waals surface area (Å²) in [4.78, 5) is 10.4. The Bertz CT molecular complexity index is 126. The first kappa shape index (κ1) is 10.2. The molecule has 0 saturated carbocycles. The number of carbonyl (C=O) groups is 1. The zero-order valence-electron chi connectivity index (χ0n) is 6.71. The number of amides is 2. The number of nitrogens with one attached hydrogen (secondary N) is 1. The van der Waals surface area contributed by atoms with Gasteiger partial charge in [-0.05, 0) is 0 Å². The molecule has 2 amide bonds. The van der Waals surface area contributed by atoms with Gasteiger partial charge in [-0.2, -0.15) is 0 Å². The van der Waals surface area contributed by atoms with Gasteiger partial charge < -0.3 is 19.9 Å². The summed E-state index contributed by atoms with van der Waals surface area (Å²) in [5, 5.41) is 2.11. The SMILES string of the molecule is COC(NC(N)=O)(OC)OC. The molecule has 0 heterocycles. The molecular weight excluding hydrogens is 152 g/mol. The van der Waals surface area contributed by atoms with Gasteiger partial charge in [0.1, 0.15) is 0 Å². The van der Waals surface area contributed by atoms with Crippen molar-refractivity contribution in [3.05, 3.63) is 0 Å². The molecule has 0 unspecified atom stereocenters. The third-order valence-corrected chi connectivity index (χ3v) is 1.08. The van der Waals surface area contributed by atoms with Crippen molar-refractivity contribution < 1.29 is 19.0 Å². The van der Waals surface area contributed by atoms with Crippen LogP contribution in [0, 0.1) is 0 Å². The Morgan fingerprint density at radius 1 is 1.27 bits per heavy atom. The van der Waals surface area contributed by atoms with Gasteiger partial charge in [0.15, 0.2) is 0 Å². The number of rotatable bonds is 4. The Morgan fingerprint density at radius 2 is 1.64 bits per heavy atom. The Kier molecular flexibility index (Phi) is 3.80. The van der Waals surface area contributed by atoms with E-state index in [4.69, 9.17) is 19.9 Å². The van der Waals surface area contributed by atoms with Crippen molar-refractivity contribution in [2.75, 3.05) is 21.3 Å². The van der Waals surface area contributed by atoms with Crippen LogP contribution < -0.4 is 11.1 Å². The lowest BCUT2D eigenvalue weighted by atomic mass is 10.8. The minimum atomic E-state index is -1.58. The van der Waals surface area contributed by atoms with Crippen LogP contribution in [0.5, 0.6) is 0 Å². The van der Waals surface area contributed by atoms with Crippen LogP contribution >= 0.6 is 0 Å². The van der Waals surface area contributed by atoms with Crippen molar-refractivity contribution >= 4 is 6.03 Å². The third kappa shape index (κ3) is 2.71. The van der Waals surface area contributed by atoms with E-state index >= 15 is 0 Å². The number of hydrogen-bond donors (Lipinski definition) is 2. The molecule has 0 aliphatic carbocycles. The molecule has 0 aromatic rings. The number of ether oxygens (including phenoxy) is 3. The normalized spacial score (nSPS) is 11.2. The maximum atomic E-state index is 10.4. The van der Waals surface area contributed by atoms with Crippen molar-refractivity contribution in [1.82, 2.24) is 5.32 Å². The van der Waals surface area contributed by atoms with E-state index in [9.17, 15) is 4.79 Å². The average Bonchev–Trinajstić information content (AvgIpc) is 2.00. The second kappa shape index (κ2) is 4.12. The summed E-state index contributed by atoms with van der Waals surface area (Å²) >= 11 is 0. The van der Waals surface area contributed by atoms with E-state index in [1.165, 1.54) is 21.3 Å². The first-order valence-corrected chi connectivity index (χ1v) is 2.83. The quantitative estimate of drug-likeness (QED) is 0.533. The standard InChI is InChI=1S/C5H12N2O4/c1-9-5(10-2,11-3)7-4(6)8/h1-3H3,(H3,6,7,8). The molecule has 0 fully saturated rings. The first-order chi connectivity index (χ1) is 5.10. The van der Waals surface area contributed by atoms with Gasteiger partial charge in [0.05, 0.1) is 0 Å². The van der Waals surface area contributed by atoms with Crippen molar-refractivity contribution in [3.63, 3.8) is 0 Å². The van der Waals surface area contributed by atoms with Crippen LogP contribution in [-0.4, -0.2) is 33.5 Å². The fourth-order valence-corrected chi connectivity index (χ4v) is 0.554. The van der Waals surface area contributed by atoms with E-state index in [-0.39, 0.29) is 0 Å². The lowest BCUT2D eigenvalue weighted by Crippen LogP contribution is -2.54. The van der Waals surface area contributed by atoms with E-state index in [0.29, 0.717) is 0 Å². The maximum Gasteiger partial charge on any atom is 0.377 e. The monoisotopic (exact) mass is 164 g/mol. The van der Waals surface area contributed by atoms with Gasteiger partial charge in [-0.15, -0.1) is 0 Å². The minimum Gasteiger partial charge on any atom is -0.351 e. The summed E-state index contributed by atoms with van der Waals surface area (Å²) in [5.41, 5.74) is 4.82. The molecule has 0 spiro atoms. The topological polar surface area (TPSA) is 82.8 Å². The largest absolute Gasteiger partial charge is 0.377 e. The highest BCUT2D eigenvalue weighted by Crippen LogP contribution is 2.05. The molecule has 0 aliphatic heterocycles. The molecule has 0 rings (SSSR count). The van der Waals surface area contributed by atoms with Crippen molar-refractivity contribution in [2.24, 2.45) is 5.73 Å². The predicted molar refractivity (Wildman–Crippen MR) is 36.5 cm³/mol. The summed E-state index contributed by atoms with van der Waals surface area (Å²) < 4.78 is 14.1. The smallest absolute Gasteiger partial charge is 0.351 e. The van der Waals surface area contributed by atoms with E-state index < -0.39 is 12.1 Å². The van der Waals surface area contributed by atoms with Gasteiger partial charge in [-0.1, -0.05) is 0 Å². The summed E-state index contributed by atoms with van der Waals surface area (Å²) in [6.07, 6.45) is -1.58. The zero-order chi connectivity index (χ0) is 8.91. The van der Waals surface area contributed by atoms with Gasteiger partial charge in [0, 0.05) is 21.3 Å². The van der Waals surface area contributed by atoms with Crippen LogP contribution in [0.25, 0.3) is 0 Å². The lowest BCUT2D eigenvalue weighted by molar-refractivity contribution is -0.362. The number of primary amides is 1. The van der Waals surface area contributed by atoms with Crippen LogP contribution in [0.15, 0.2) is 0 Å². The zero-order valence-corrected chi connectivity index (χ0v) is 6.71. The highest BCUT2D eigenvalue weighted by Gasteiger charge is 2.30. The van der Waals surface area contributed by atoms with Gasteiger partial charge in [-0.25, -0.2) is 4.79 Å². The van der Waals surface area contributed by atoms with Gasteiger partial charge in [0.25, 0.3) is 0 Å². The van der Waals surface area contributed by atoms with Gasteiger partial charge in [0.2, 0.25) is 0 Å². The molecule has 66 valence electrons. The van der Waals surface area contributed by atoms with Gasteiger partial charge >= 0.3 is 12.1 Å². The molecule has 6 heteroatoms. The van der Waals surface area contributed by atoms with Crippen LogP contribution in [0.4, 0.5) is 4.79 Å². The highest BCUT2D eigenvalue weighted by molar-refractivity contribution is 5.71. The fraction of sp³-hybridized carbons (Fsp3) is 0.800. The molecule has 0 aromatic heterocycles. The number of urea groups is 1. The molecule has 0 atom stereocenters. The molecular formula is C5H12N2O4. The number of methoxy groups -OCH3 is 3. The Balaban J connectivity index is 4.16. The second-order valence-corrected chi connectivity index (χ2v) is 1.66. The number of hydrogen-bond acceptors (Lipinski definition) is 4. The number of carbonyl (C=O) groups excluding carboxylic acids is 1. The Morgan fingerprint density at radius 3 is 1.73 bits per heavy atom. The van der Waals surface area contributed by atoms with Crippen molar-refractivity contribution in [2.45, 2.75) is 6.10 Å². The van der Waals surface area contributed by atoms with E-state index in [0.717, 1.165) is 0 Å². The third-order valence-electron chi connectivity index (χ3n) is 1.08. The van der Waals surface area contributed by atoms with Gasteiger partial charge in [-0.3, -0.25) is 5.32 Å². The Hall–Kier alpha value is -0.850. The van der Waals surface area contributed by atoms with Crippen LogP contribution in [0.3, 0.4) is 0 Å².